The maximum Gasteiger partial charge on any atom is 0.191 e. The Balaban J connectivity index is 0.00000512. The second-order valence-corrected chi connectivity index (χ2v) is 7.13. The number of nitrogens with zero attached hydrogens (tertiary/aromatic N) is 3. The Morgan fingerprint density at radius 1 is 1.03 bits per heavy atom. The summed E-state index contributed by atoms with van der Waals surface area (Å²) < 4.78 is 11.3. The maximum atomic E-state index is 5.93. The standard InChI is InChI=1S/C24H37N5O2.HI/c1-6-29(7-2)23-12-10-20(16-26-23)17-27-24(25-5)28-18-21-11-9-19(4)15-22(21)31-14-13-30-8-3;/h9-12,15-16H,6-8,13-14,17-18H2,1-5H3,(H2,25,27,28);1H. The van der Waals surface area contributed by atoms with Gasteiger partial charge < -0.3 is 25.0 Å². The first-order valence-corrected chi connectivity index (χ1v) is 11.1. The summed E-state index contributed by atoms with van der Waals surface area (Å²) in [7, 11) is 1.77. The van der Waals surface area contributed by atoms with Crippen LogP contribution >= 0.6 is 24.0 Å². The summed E-state index contributed by atoms with van der Waals surface area (Å²) in [6.45, 7) is 13.3. The molecule has 2 rings (SSSR count). The number of anilines is 1. The van der Waals surface area contributed by atoms with Gasteiger partial charge in [0.25, 0.3) is 0 Å². The van der Waals surface area contributed by atoms with Crippen molar-refractivity contribution in [1.29, 1.82) is 0 Å². The van der Waals surface area contributed by atoms with Gasteiger partial charge in [0, 0.05) is 51.6 Å². The van der Waals surface area contributed by atoms with Gasteiger partial charge in [-0.3, -0.25) is 4.99 Å². The lowest BCUT2D eigenvalue weighted by Gasteiger charge is -2.20. The lowest BCUT2D eigenvalue weighted by molar-refractivity contribution is 0.110. The minimum atomic E-state index is 0. The molecule has 1 heterocycles. The van der Waals surface area contributed by atoms with E-state index in [9.17, 15) is 0 Å². The number of benzene rings is 1. The molecule has 8 heteroatoms. The third-order valence-corrected chi connectivity index (χ3v) is 4.94. The van der Waals surface area contributed by atoms with Gasteiger partial charge in [-0.15, -0.1) is 24.0 Å². The Hall–Kier alpha value is -2.07. The number of aliphatic imine (C=N–C) groups is 1. The van der Waals surface area contributed by atoms with E-state index in [1.165, 1.54) is 5.56 Å². The smallest absolute Gasteiger partial charge is 0.191 e. The van der Waals surface area contributed by atoms with Crippen LogP contribution in [0.25, 0.3) is 0 Å². The number of hydrogen-bond acceptors (Lipinski definition) is 5. The first-order chi connectivity index (χ1) is 15.1. The topological polar surface area (TPSA) is 71.0 Å². The largest absolute Gasteiger partial charge is 0.491 e. The van der Waals surface area contributed by atoms with Crippen LogP contribution in [-0.4, -0.2) is 50.9 Å². The molecule has 0 saturated heterocycles. The zero-order chi connectivity index (χ0) is 22.5. The molecule has 0 amide bonds. The van der Waals surface area contributed by atoms with E-state index in [0.717, 1.165) is 41.7 Å². The van der Waals surface area contributed by atoms with Crippen molar-refractivity contribution in [3.8, 4) is 5.75 Å². The zero-order valence-corrected chi connectivity index (χ0v) is 22.3. The molecule has 0 saturated carbocycles. The Bertz CT molecular complexity index is 811. The Morgan fingerprint density at radius 2 is 1.78 bits per heavy atom. The molecule has 2 aromatic rings. The lowest BCUT2D eigenvalue weighted by atomic mass is 10.1. The second kappa shape index (κ2) is 15.7. The summed E-state index contributed by atoms with van der Waals surface area (Å²) >= 11 is 0. The van der Waals surface area contributed by atoms with Crippen molar-refractivity contribution in [1.82, 2.24) is 15.6 Å². The maximum absolute atomic E-state index is 5.93. The molecule has 178 valence electrons. The number of aromatic nitrogens is 1. The number of aryl methyl sites for hydroxylation is 1. The first kappa shape index (κ1) is 28.0. The minimum absolute atomic E-state index is 0. The number of pyridine rings is 1. The Labute approximate surface area is 210 Å². The minimum Gasteiger partial charge on any atom is -0.491 e. The molecular formula is C24H38IN5O2. The molecule has 2 N–H and O–H groups in total. The molecule has 1 aromatic heterocycles. The molecule has 0 aliphatic carbocycles. The van der Waals surface area contributed by atoms with Crippen LogP contribution < -0.4 is 20.3 Å². The molecular weight excluding hydrogens is 517 g/mol. The highest BCUT2D eigenvalue weighted by Gasteiger charge is 2.07. The van der Waals surface area contributed by atoms with Crippen LogP contribution in [0.2, 0.25) is 0 Å². The highest BCUT2D eigenvalue weighted by atomic mass is 127. The fraction of sp³-hybridized carbons (Fsp3) is 0.500. The first-order valence-electron chi connectivity index (χ1n) is 11.1. The van der Waals surface area contributed by atoms with E-state index < -0.39 is 0 Å². The average molecular weight is 556 g/mol. The molecule has 0 aliphatic rings. The van der Waals surface area contributed by atoms with E-state index >= 15 is 0 Å². The number of halogens is 1. The molecule has 0 aliphatic heterocycles. The fourth-order valence-corrected chi connectivity index (χ4v) is 3.14. The van der Waals surface area contributed by atoms with Crippen LogP contribution in [-0.2, 0) is 17.8 Å². The SMILES string of the molecule is CCOCCOc1cc(C)ccc1CNC(=NC)NCc1ccc(N(CC)CC)nc1.I. The number of guanidine groups is 1. The van der Waals surface area contributed by atoms with Gasteiger partial charge in [-0.05, 0) is 51.0 Å². The van der Waals surface area contributed by atoms with E-state index in [1.54, 1.807) is 7.05 Å². The molecule has 0 spiro atoms. The molecule has 32 heavy (non-hydrogen) atoms. The van der Waals surface area contributed by atoms with Crippen molar-refractivity contribution < 1.29 is 9.47 Å². The summed E-state index contributed by atoms with van der Waals surface area (Å²) in [6.07, 6.45) is 1.91. The Kier molecular flexibility index (Phi) is 13.7. The number of rotatable bonds is 12. The van der Waals surface area contributed by atoms with Crippen LogP contribution in [0.1, 0.15) is 37.5 Å². The molecule has 7 nitrogen and oxygen atoms in total. The van der Waals surface area contributed by atoms with Gasteiger partial charge in [-0.2, -0.15) is 0 Å². The number of nitrogens with one attached hydrogen (secondary N) is 2. The van der Waals surface area contributed by atoms with Crippen LogP contribution in [0.15, 0.2) is 41.5 Å². The molecule has 0 atom stereocenters. The van der Waals surface area contributed by atoms with Crippen molar-refractivity contribution in [2.75, 3.05) is 44.9 Å². The van der Waals surface area contributed by atoms with Gasteiger partial charge in [0.1, 0.15) is 18.2 Å². The predicted molar refractivity (Wildman–Crippen MR) is 143 cm³/mol. The second-order valence-electron chi connectivity index (χ2n) is 7.13. The van der Waals surface area contributed by atoms with Crippen LogP contribution in [0, 0.1) is 6.92 Å². The molecule has 0 unspecified atom stereocenters. The number of ether oxygens (including phenoxy) is 2. The predicted octanol–water partition coefficient (Wildman–Crippen LogP) is 4.13. The van der Waals surface area contributed by atoms with E-state index in [0.29, 0.717) is 32.9 Å². The molecule has 1 aromatic carbocycles. The highest BCUT2D eigenvalue weighted by molar-refractivity contribution is 14.0. The summed E-state index contributed by atoms with van der Waals surface area (Å²) in [5, 5.41) is 6.71. The molecule has 0 bridgehead atoms. The Morgan fingerprint density at radius 3 is 2.41 bits per heavy atom. The van der Waals surface area contributed by atoms with E-state index in [-0.39, 0.29) is 24.0 Å². The monoisotopic (exact) mass is 555 g/mol. The molecule has 0 fully saturated rings. The fourth-order valence-electron chi connectivity index (χ4n) is 3.14. The van der Waals surface area contributed by atoms with Gasteiger partial charge in [-0.25, -0.2) is 4.98 Å². The third kappa shape index (κ3) is 9.20. The quantitative estimate of drug-likeness (QED) is 0.178. The number of hydrogen-bond donors (Lipinski definition) is 2. The average Bonchev–Trinajstić information content (AvgIpc) is 2.79. The van der Waals surface area contributed by atoms with Crippen molar-refractivity contribution >= 4 is 35.8 Å². The van der Waals surface area contributed by atoms with Crippen LogP contribution in [0.4, 0.5) is 5.82 Å². The highest BCUT2D eigenvalue weighted by Crippen LogP contribution is 2.20. The summed E-state index contributed by atoms with van der Waals surface area (Å²) in [5.41, 5.74) is 3.35. The van der Waals surface area contributed by atoms with Crippen molar-refractivity contribution in [2.45, 2.75) is 40.8 Å². The van der Waals surface area contributed by atoms with Gasteiger partial charge >= 0.3 is 0 Å². The van der Waals surface area contributed by atoms with E-state index in [1.807, 2.05) is 13.1 Å². The zero-order valence-electron chi connectivity index (χ0n) is 20.0. The molecule has 0 radical (unpaired) electrons. The summed E-state index contributed by atoms with van der Waals surface area (Å²) in [4.78, 5) is 11.1. The van der Waals surface area contributed by atoms with Gasteiger partial charge in [-0.1, -0.05) is 18.2 Å². The third-order valence-electron chi connectivity index (χ3n) is 4.94. The van der Waals surface area contributed by atoms with Crippen molar-refractivity contribution in [3.05, 3.63) is 53.2 Å². The van der Waals surface area contributed by atoms with E-state index in [2.05, 4.69) is 76.6 Å². The lowest BCUT2D eigenvalue weighted by Crippen LogP contribution is -2.36. The van der Waals surface area contributed by atoms with Gasteiger partial charge in [0.05, 0.1) is 6.61 Å². The van der Waals surface area contributed by atoms with Crippen LogP contribution in [0.5, 0.6) is 5.75 Å². The summed E-state index contributed by atoms with van der Waals surface area (Å²) in [6, 6.07) is 10.4. The summed E-state index contributed by atoms with van der Waals surface area (Å²) in [5.74, 6) is 2.61. The van der Waals surface area contributed by atoms with Gasteiger partial charge in [0.2, 0.25) is 0 Å². The van der Waals surface area contributed by atoms with Crippen LogP contribution in [0.3, 0.4) is 0 Å². The van der Waals surface area contributed by atoms with Gasteiger partial charge in [0.15, 0.2) is 5.96 Å². The normalized spacial score (nSPS) is 11.0. The van der Waals surface area contributed by atoms with E-state index in [4.69, 9.17) is 9.47 Å². The van der Waals surface area contributed by atoms with Crippen molar-refractivity contribution in [2.24, 2.45) is 4.99 Å². The van der Waals surface area contributed by atoms with Crippen molar-refractivity contribution in [3.63, 3.8) is 0 Å².